The first kappa shape index (κ1) is 26.8. The fourth-order valence-corrected chi connectivity index (χ4v) is 5.24. The minimum atomic E-state index is -4.05. The molecule has 1 heterocycles. The minimum absolute atomic E-state index is 0. The van der Waals surface area contributed by atoms with Gasteiger partial charge in [0.15, 0.2) is 11.5 Å². The summed E-state index contributed by atoms with van der Waals surface area (Å²) in [6, 6.07) is 5.51. The van der Waals surface area contributed by atoms with Crippen molar-refractivity contribution in [2.24, 2.45) is 0 Å². The van der Waals surface area contributed by atoms with Crippen LogP contribution in [0.5, 0.6) is 11.5 Å². The van der Waals surface area contributed by atoms with Crippen molar-refractivity contribution >= 4 is 38.4 Å². The zero-order valence-electron chi connectivity index (χ0n) is 17.8. The topological polar surface area (TPSA) is 67.9 Å². The van der Waals surface area contributed by atoms with Crippen molar-refractivity contribution < 1.29 is 26.7 Å². The fourth-order valence-electron chi connectivity index (χ4n) is 3.59. The lowest BCUT2D eigenvalue weighted by molar-refractivity contribution is 0.248. The van der Waals surface area contributed by atoms with Crippen LogP contribution in [0.3, 0.4) is 0 Å². The van der Waals surface area contributed by atoms with Gasteiger partial charge in [-0.2, -0.15) is 0 Å². The summed E-state index contributed by atoms with van der Waals surface area (Å²) >= 11 is 2.88. The Hall–Kier alpha value is -1.46. The molecule has 11 heteroatoms. The number of nitrogens with zero attached hydrogens (tertiary/aromatic N) is 1. The number of fused-ring (bicyclic) bond motifs is 1. The molecule has 32 heavy (non-hydrogen) atoms. The number of nitrogens with one attached hydrogen (secondary N) is 1. The molecule has 0 fully saturated rings. The van der Waals surface area contributed by atoms with Gasteiger partial charge < -0.3 is 9.47 Å². The molecule has 0 unspecified atom stereocenters. The van der Waals surface area contributed by atoms with E-state index < -0.39 is 26.6 Å². The molecule has 0 radical (unpaired) electrons. The number of ether oxygens (including phenoxy) is 2. The van der Waals surface area contributed by atoms with E-state index >= 15 is 0 Å². The van der Waals surface area contributed by atoms with Gasteiger partial charge in [0.2, 0.25) is 10.0 Å². The van der Waals surface area contributed by atoms with Crippen molar-refractivity contribution in [3.05, 3.63) is 51.5 Å². The molecule has 2 aromatic rings. The quantitative estimate of drug-likeness (QED) is 0.370. The predicted molar refractivity (Wildman–Crippen MR) is 124 cm³/mol. The van der Waals surface area contributed by atoms with Crippen LogP contribution < -0.4 is 14.2 Å². The summed E-state index contributed by atoms with van der Waals surface area (Å²) in [4.78, 5) is 1.73. The first-order valence-corrected chi connectivity index (χ1v) is 12.1. The molecule has 1 aliphatic rings. The zero-order valence-corrected chi connectivity index (χ0v) is 21.0. The molecule has 0 amide bonds. The van der Waals surface area contributed by atoms with Crippen LogP contribution in [0.25, 0.3) is 0 Å². The van der Waals surface area contributed by atoms with Gasteiger partial charge in [-0.25, -0.2) is 21.9 Å². The standard InChI is InChI=1S/C21H25BrF2N2O4S.ClH/c1-29-19-9-14-5-8-26(13-15(14)10-20(19)30-2)7-4-3-6-25-31(27,28)21-11-16(22)17(23)12-18(21)24;/h9-12,25H,3-8,13H2,1-2H3;1H. The third-order valence-electron chi connectivity index (χ3n) is 5.25. The largest absolute Gasteiger partial charge is 0.493 e. The highest BCUT2D eigenvalue weighted by Crippen LogP contribution is 2.33. The molecule has 1 aliphatic heterocycles. The summed E-state index contributed by atoms with van der Waals surface area (Å²) in [5.41, 5.74) is 2.44. The van der Waals surface area contributed by atoms with Gasteiger partial charge in [0.1, 0.15) is 16.5 Å². The van der Waals surface area contributed by atoms with E-state index in [-0.39, 0.29) is 23.4 Å². The van der Waals surface area contributed by atoms with Gasteiger partial charge in [-0.1, -0.05) is 0 Å². The Morgan fingerprint density at radius 3 is 2.34 bits per heavy atom. The number of sulfonamides is 1. The lowest BCUT2D eigenvalue weighted by Gasteiger charge is -2.29. The van der Waals surface area contributed by atoms with Crippen molar-refractivity contribution in [3.8, 4) is 11.5 Å². The number of halogens is 4. The maximum atomic E-state index is 13.9. The lowest BCUT2D eigenvalue weighted by Crippen LogP contribution is -2.32. The molecule has 1 N–H and O–H groups in total. The van der Waals surface area contributed by atoms with Gasteiger partial charge in [-0.3, -0.25) is 4.90 Å². The molecular formula is C21H26BrClF2N2O4S. The first-order valence-electron chi connectivity index (χ1n) is 9.85. The summed E-state index contributed by atoms with van der Waals surface area (Å²) in [5.74, 6) is -0.536. The molecule has 0 saturated heterocycles. The average Bonchev–Trinajstić information content (AvgIpc) is 2.74. The fraction of sp³-hybridized carbons (Fsp3) is 0.429. The van der Waals surface area contributed by atoms with Gasteiger partial charge in [-0.15, -0.1) is 12.4 Å². The first-order chi connectivity index (χ1) is 14.7. The summed E-state index contributed by atoms with van der Waals surface area (Å²) in [6.07, 6.45) is 2.28. The second-order valence-corrected chi connectivity index (χ2v) is 9.89. The Morgan fingerprint density at radius 1 is 1.03 bits per heavy atom. The second kappa shape index (κ2) is 11.6. The predicted octanol–water partition coefficient (Wildman–Crippen LogP) is 4.28. The normalized spacial score (nSPS) is 13.9. The van der Waals surface area contributed by atoms with Crippen LogP contribution in [-0.4, -0.2) is 47.2 Å². The Bertz CT molecular complexity index is 1060. The van der Waals surface area contributed by atoms with Crippen molar-refractivity contribution in [2.75, 3.05) is 33.9 Å². The number of rotatable bonds is 9. The molecule has 0 spiro atoms. The highest BCUT2D eigenvalue weighted by atomic mass is 79.9. The number of hydrogen-bond donors (Lipinski definition) is 1. The van der Waals surface area contributed by atoms with E-state index in [2.05, 4.69) is 25.6 Å². The molecule has 3 rings (SSSR count). The molecule has 178 valence electrons. The van der Waals surface area contributed by atoms with Crippen LogP contribution in [-0.2, 0) is 23.0 Å². The molecule has 0 aliphatic carbocycles. The van der Waals surface area contributed by atoms with E-state index in [0.29, 0.717) is 18.2 Å². The highest BCUT2D eigenvalue weighted by molar-refractivity contribution is 9.10. The van der Waals surface area contributed by atoms with Crippen LogP contribution in [0, 0.1) is 11.6 Å². The lowest BCUT2D eigenvalue weighted by atomic mass is 9.98. The zero-order chi connectivity index (χ0) is 22.6. The van der Waals surface area contributed by atoms with Crippen LogP contribution in [0.4, 0.5) is 8.78 Å². The van der Waals surface area contributed by atoms with E-state index in [0.717, 1.165) is 44.3 Å². The van der Waals surface area contributed by atoms with Crippen molar-refractivity contribution in [1.29, 1.82) is 0 Å². The van der Waals surface area contributed by atoms with Crippen LogP contribution in [0.15, 0.2) is 33.6 Å². The van der Waals surface area contributed by atoms with Crippen molar-refractivity contribution in [3.63, 3.8) is 0 Å². The second-order valence-electron chi connectivity index (χ2n) is 7.30. The SMILES string of the molecule is COc1cc2c(cc1OC)CN(CCCCNS(=O)(=O)c1cc(Br)c(F)cc1F)CC2.Cl. The number of benzene rings is 2. The summed E-state index contributed by atoms with van der Waals surface area (Å²) in [6.45, 7) is 2.68. The molecule has 0 bridgehead atoms. The average molecular weight is 556 g/mol. The summed E-state index contributed by atoms with van der Waals surface area (Å²) in [5, 5.41) is 0. The van der Waals surface area contributed by atoms with Gasteiger partial charge in [0.05, 0.1) is 18.7 Å². The maximum absolute atomic E-state index is 13.9. The van der Waals surface area contributed by atoms with Gasteiger partial charge in [-0.05, 0) is 71.1 Å². The molecule has 0 saturated carbocycles. The minimum Gasteiger partial charge on any atom is -0.493 e. The van der Waals surface area contributed by atoms with Crippen molar-refractivity contribution in [2.45, 2.75) is 30.7 Å². The maximum Gasteiger partial charge on any atom is 0.243 e. The third-order valence-corrected chi connectivity index (χ3v) is 7.34. The van der Waals surface area contributed by atoms with Gasteiger partial charge >= 0.3 is 0 Å². The number of hydrogen-bond acceptors (Lipinski definition) is 5. The summed E-state index contributed by atoms with van der Waals surface area (Å²) in [7, 11) is -0.815. The Morgan fingerprint density at radius 2 is 1.69 bits per heavy atom. The smallest absolute Gasteiger partial charge is 0.243 e. The van der Waals surface area contributed by atoms with E-state index in [9.17, 15) is 17.2 Å². The Labute approximate surface area is 201 Å². The number of unbranched alkanes of at least 4 members (excludes halogenated alkanes) is 1. The Balaban J connectivity index is 0.00000363. The van der Waals surface area contributed by atoms with E-state index in [1.165, 1.54) is 11.1 Å². The van der Waals surface area contributed by atoms with E-state index in [1.807, 2.05) is 12.1 Å². The van der Waals surface area contributed by atoms with E-state index in [1.54, 1.807) is 14.2 Å². The van der Waals surface area contributed by atoms with Crippen LogP contribution in [0.1, 0.15) is 24.0 Å². The van der Waals surface area contributed by atoms with Gasteiger partial charge in [0, 0.05) is 25.7 Å². The monoisotopic (exact) mass is 554 g/mol. The van der Waals surface area contributed by atoms with Crippen LogP contribution in [0.2, 0.25) is 0 Å². The molecule has 2 aromatic carbocycles. The third kappa shape index (κ3) is 6.32. The van der Waals surface area contributed by atoms with Crippen molar-refractivity contribution in [1.82, 2.24) is 9.62 Å². The molecule has 6 nitrogen and oxygen atoms in total. The molecule has 0 aromatic heterocycles. The van der Waals surface area contributed by atoms with E-state index in [4.69, 9.17) is 9.47 Å². The summed E-state index contributed by atoms with van der Waals surface area (Å²) < 4.78 is 64.8. The Kier molecular flexibility index (Phi) is 9.71. The van der Waals surface area contributed by atoms with Crippen LogP contribution >= 0.6 is 28.3 Å². The van der Waals surface area contributed by atoms with Gasteiger partial charge in [0.25, 0.3) is 0 Å². The molecular weight excluding hydrogens is 530 g/mol. The highest BCUT2D eigenvalue weighted by Gasteiger charge is 2.22. The number of methoxy groups -OCH3 is 2. The molecule has 0 atom stereocenters.